The van der Waals surface area contributed by atoms with Crippen molar-refractivity contribution in [1.29, 1.82) is 0 Å². The van der Waals surface area contributed by atoms with E-state index in [-0.39, 0.29) is 0 Å². The van der Waals surface area contributed by atoms with Crippen LogP contribution in [-0.4, -0.2) is 42.3 Å². The third-order valence-electron chi connectivity index (χ3n) is 2.56. The Morgan fingerprint density at radius 1 is 1.29 bits per heavy atom. The van der Waals surface area contributed by atoms with Crippen molar-refractivity contribution in [1.82, 2.24) is 10.6 Å². The van der Waals surface area contributed by atoms with Crippen LogP contribution in [0.1, 0.15) is 15.9 Å². The number of aliphatic hydroxyl groups excluding tert-OH is 1. The van der Waals surface area contributed by atoms with Gasteiger partial charge in [0.15, 0.2) is 6.10 Å². The summed E-state index contributed by atoms with van der Waals surface area (Å²) in [4.78, 5) is 23.0. The van der Waals surface area contributed by atoms with Crippen LogP contribution in [-0.2, 0) is 4.79 Å². The number of nitrogens with one attached hydrogen (secondary N) is 2. The van der Waals surface area contributed by atoms with Crippen LogP contribution < -0.4 is 10.6 Å². The molecule has 0 bridgehead atoms. The molecule has 116 valence electrons. The predicted octanol–water partition coefficient (Wildman–Crippen LogP) is 0.764. The lowest BCUT2D eigenvalue weighted by Crippen LogP contribution is -2.44. The molecule has 1 aromatic rings. The topological polar surface area (TPSA) is 78.4 Å². The third kappa shape index (κ3) is 5.82. The van der Waals surface area contributed by atoms with Crippen molar-refractivity contribution < 1.29 is 27.9 Å². The van der Waals surface area contributed by atoms with Crippen molar-refractivity contribution in [3.8, 4) is 0 Å². The molecule has 0 saturated heterocycles. The molecule has 0 aliphatic heterocycles. The molecule has 1 aromatic carbocycles. The van der Waals surface area contributed by atoms with Gasteiger partial charge in [-0.05, 0) is 19.1 Å². The van der Waals surface area contributed by atoms with Crippen molar-refractivity contribution >= 4 is 11.8 Å². The monoisotopic (exact) mass is 304 g/mol. The van der Waals surface area contributed by atoms with Gasteiger partial charge in [-0.15, -0.1) is 0 Å². The minimum Gasteiger partial charge on any atom is -0.382 e. The number of aliphatic hydroxyl groups is 1. The van der Waals surface area contributed by atoms with Gasteiger partial charge in [0.2, 0.25) is 5.91 Å². The van der Waals surface area contributed by atoms with E-state index in [0.717, 1.165) is 5.56 Å². The third-order valence-corrected chi connectivity index (χ3v) is 2.56. The minimum absolute atomic E-state index is 0.345. The molecule has 5 nitrogen and oxygen atoms in total. The highest BCUT2D eigenvalue weighted by molar-refractivity contribution is 5.96. The first-order valence-electron chi connectivity index (χ1n) is 6.06. The quantitative estimate of drug-likeness (QED) is 0.751. The lowest BCUT2D eigenvalue weighted by molar-refractivity contribution is -0.201. The van der Waals surface area contributed by atoms with E-state index < -0.39 is 37.2 Å². The summed E-state index contributed by atoms with van der Waals surface area (Å²) in [6.45, 7) is 0.363. The molecule has 1 atom stereocenters. The van der Waals surface area contributed by atoms with Crippen LogP contribution >= 0.6 is 0 Å². The number of hydrogen-bond acceptors (Lipinski definition) is 3. The Balaban J connectivity index is 2.38. The summed E-state index contributed by atoms with van der Waals surface area (Å²) in [5.41, 5.74) is 1.21. The zero-order chi connectivity index (χ0) is 16.0. The van der Waals surface area contributed by atoms with Crippen molar-refractivity contribution in [3.05, 3.63) is 35.4 Å². The summed E-state index contributed by atoms with van der Waals surface area (Å²) in [6, 6.07) is 6.63. The Morgan fingerprint density at radius 3 is 2.52 bits per heavy atom. The Kier molecular flexibility index (Phi) is 5.71. The van der Waals surface area contributed by atoms with E-state index in [0.29, 0.717) is 5.56 Å². The second kappa shape index (κ2) is 7.07. The number of amides is 2. The van der Waals surface area contributed by atoms with E-state index in [1.165, 1.54) is 0 Å². The maximum Gasteiger partial charge on any atom is 0.416 e. The van der Waals surface area contributed by atoms with Crippen LogP contribution in [0, 0.1) is 6.92 Å². The molecule has 0 aromatic heterocycles. The highest BCUT2D eigenvalue weighted by Crippen LogP contribution is 2.19. The van der Waals surface area contributed by atoms with Crippen molar-refractivity contribution in [2.24, 2.45) is 0 Å². The lowest BCUT2D eigenvalue weighted by Gasteiger charge is -2.15. The minimum atomic E-state index is -4.79. The zero-order valence-corrected chi connectivity index (χ0v) is 11.2. The fourth-order valence-corrected chi connectivity index (χ4v) is 1.44. The van der Waals surface area contributed by atoms with Gasteiger partial charge >= 0.3 is 6.18 Å². The molecule has 0 heterocycles. The van der Waals surface area contributed by atoms with Crippen molar-refractivity contribution in [3.63, 3.8) is 0 Å². The number of hydrogen-bond donors (Lipinski definition) is 3. The average Bonchev–Trinajstić information content (AvgIpc) is 2.40. The van der Waals surface area contributed by atoms with Gasteiger partial charge in [0.1, 0.15) is 0 Å². The van der Waals surface area contributed by atoms with Crippen molar-refractivity contribution in [2.75, 3.05) is 13.1 Å². The molecule has 0 aliphatic rings. The van der Waals surface area contributed by atoms with Gasteiger partial charge in [-0.2, -0.15) is 13.2 Å². The molecule has 0 saturated carbocycles. The molecule has 1 rings (SSSR count). The highest BCUT2D eigenvalue weighted by Gasteiger charge is 2.38. The van der Waals surface area contributed by atoms with E-state index in [1.807, 2.05) is 5.32 Å². The zero-order valence-electron chi connectivity index (χ0n) is 11.2. The normalized spacial score (nSPS) is 12.6. The van der Waals surface area contributed by atoms with Gasteiger partial charge in [0.05, 0.1) is 13.1 Å². The molecular weight excluding hydrogens is 289 g/mol. The molecule has 21 heavy (non-hydrogen) atoms. The molecule has 0 radical (unpaired) electrons. The summed E-state index contributed by atoms with van der Waals surface area (Å²) >= 11 is 0. The van der Waals surface area contributed by atoms with Crippen LogP contribution in [0.4, 0.5) is 13.2 Å². The lowest BCUT2D eigenvalue weighted by atomic mass is 10.1. The summed E-state index contributed by atoms with van der Waals surface area (Å²) < 4.78 is 36.0. The van der Waals surface area contributed by atoms with E-state index in [1.54, 1.807) is 31.2 Å². The number of halogens is 3. The van der Waals surface area contributed by atoms with Crippen LogP contribution in [0.3, 0.4) is 0 Å². The second-order valence-electron chi connectivity index (χ2n) is 4.41. The summed E-state index contributed by atoms with van der Waals surface area (Å²) in [7, 11) is 0. The second-order valence-corrected chi connectivity index (χ2v) is 4.41. The Hall–Kier alpha value is -2.09. The summed E-state index contributed by atoms with van der Waals surface area (Å²) in [6.07, 6.45) is -7.42. The van der Waals surface area contributed by atoms with Gasteiger partial charge < -0.3 is 15.7 Å². The molecule has 3 N–H and O–H groups in total. The number of carbonyl (C=O) groups excluding carboxylic acids is 2. The maximum atomic E-state index is 12.0. The summed E-state index contributed by atoms with van der Waals surface area (Å²) in [5, 5.41) is 12.9. The molecule has 2 amide bonds. The van der Waals surface area contributed by atoms with E-state index in [4.69, 9.17) is 5.11 Å². The Labute approximate surface area is 119 Å². The van der Waals surface area contributed by atoms with Gasteiger partial charge in [-0.1, -0.05) is 17.7 Å². The number of rotatable bonds is 5. The maximum absolute atomic E-state index is 12.0. The smallest absolute Gasteiger partial charge is 0.382 e. The highest BCUT2D eigenvalue weighted by atomic mass is 19.4. The van der Waals surface area contributed by atoms with E-state index in [2.05, 4.69) is 5.32 Å². The molecular formula is C13H15F3N2O3. The van der Waals surface area contributed by atoms with Gasteiger partial charge in [-0.3, -0.25) is 9.59 Å². The first kappa shape index (κ1) is 17.0. The fourth-order valence-electron chi connectivity index (χ4n) is 1.44. The summed E-state index contributed by atoms with van der Waals surface area (Å²) in [5.74, 6) is -1.33. The molecule has 0 aliphatic carbocycles. The van der Waals surface area contributed by atoms with Crippen LogP contribution in [0.2, 0.25) is 0 Å². The number of benzene rings is 1. The SMILES string of the molecule is Cc1cccc(C(=O)NCC(=O)NCC(O)C(F)(F)F)c1. The average molecular weight is 304 g/mol. The van der Waals surface area contributed by atoms with Crippen LogP contribution in [0.25, 0.3) is 0 Å². The molecule has 1 unspecified atom stereocenters. The van der Waals surface area contributed by atoms with Crippen LogP contribution in [0.5, 0.6) is 0 Å². The van der Waals surface area contributed by atoms with Gasteiger partial charge in [0, 0.05) is 5.56 Å². The largest absolute Gasteiger partial charge is 0.416 e. The molecule has 8 heteroatoms. The standard InChI is InChI=1S/C13H15F3N2O3/c1-8-3-2-4-9(5-8)12(21)18-7-11(20)17-6-10(19)13(14,15)16/h2-5,10,19H,6-7H2,1H3,(H,17,20)(H,18,21). The first-order chi connectivity index (χ1) is 9.70. The van der Waals surface area contributed by atoms with Crippen molar-refractivity contribution in [2.45, 2.75) is 19.2 Å². The van der Waals surface area contributed by atoms with Gasteiger partial charge in [0.25, 0.3) is 5.91 Å². The van der Waals surface area contributed by atoms with Crippen LogP contribution in [0.15, 0.2) is 24.3 Å². The molecule has 0 fully saturated rings. The number of carbonyl (C=O) groups is 2. The number of aryl methyl sites for hydroxylation is 1. The molecule has 0 spiro atoms. The van der Waals surface area contributed by atoms with E-state index >= 15 is 0 Å². The van der Waals surface area contributed by atoms with Gasteiger partial charge in [-0.25, -0.2) is 0 Å². The predicted molar refractivity (Wildman–Crippen MR) is 68.6 cm³/mol. The first-order valence-corrected chi connectivity index (χ1v) is 6.06. The Morgan fingerprint density at radius 2 is 1.95 bits per heavy atom. The number of alkyl halides is 3. The van der Waals surface area contributed by atoms with E-state index in [9.17, 15) is 22.8 Å². The fraction of sp³-hybridized carbons (Fsp3) is 0.385. The Bertz CT molecular complexity index is 518.